The summed E-state index contributed by atoms with van der Waals surface area (Å²) in [6, 6.07) is 4.24. The molecule has 1 aliphatic heterocycles. The zero-order valence-electron chi connectivity index (χ0n) is 13.5. The number of anilines is 1. The minimum atomic E-state index is -0.562. The van der Waals surface area contributed by atoms with Crippen LogP contribution in [0, 0.1) is 6.92 Å². The number of aromatic nitrogens is 2. The Hall–Kier alpha value is -2.18. The quantitative estimate of drug-likeness (QED) is 0.888. The molecule has 1 aromatic heterocycles. The minimum Gasteiger partial charge on any atom is -0.325 e. The third kappa shape index (κ3) is 4.08. The average molecular weight is 379 g/mol. The van der Waals surface area contributed by atoms with Crippen molar-refractivity contribution in [1.29, 1.82) is 0 Å². The molecule has 3 rings (SSSR count). The van der Waals surface area contributed by atoms with Crippen molar-refractivity contribution in [3.63, 3.8) is 0 Å². The van der Waals surface area contributed by atoms with E-state index in [4.69, 9.17) is 23.2 Å². The lowest BCUT2D eigenvalue weighted by Crippen LogP contribution is -2.43. The molecule has 0 saturated carbocycles. The molecule has 1 aliphatic rings. The average Bonchev–Trinajstić information content (AvgIpc) is 3.03. The van der Waals surface area contributed by atoms with Crippen molar-refractivity contribution in [2.45, 2.75) is 25.8 Å². The van der Waals surface area contributed by atoms with Gasteiger partial charge in [0.1, 0.15) is 11.7 Å². The number of carbonyl (C=O) groups is 2. The van der Waals surface area contributed by atoms with E-state index in [1.54, 1.807) is 25.1 Å². The fraction of sp³-hybridized carbons (Fsp3) is 0.294. The molecule has 1 aromatic carbocycles. The normalized spacial score (nSPS) is 16.8. The van der Waals surface area contributed by atoms with Crippen molar-refractivity contribution in [3.8, 4) is 0 Å². The highest BCUT2D eigenvalue weighted by atomic mass is 35.5. The predicted molar refractivity (Wildman–Crippen MR) is 95.9 cm³/mol. The van der Waals surface area contributed by atoms with E-state index in [0.29, 0.717) is 28.7 Å². The number of nitrogens with one attached hydrogen (secondary N) is 1. The van der Waals surface area contributed by atoms with Crippen LogP contribution in [0.3, 0.4) is 0 Å². The van der Waals surface area contributed by atoms with Crippen molar-refractivity contribution in [2.24, 2.45) is 0 Å². The lowest BCUT2D eigenvalue weighted by Gasteiger charge is -2.23. The molecule has 0 unspecified atom stereocenters. The summed E-state index contributed by atoms with van der Waals surface area (Å²) in [5.74, 6) is -0.571. The van der Waals surface area contributed by atoms with E-state index in [9.17, 15) is 9.59 Å². The smallest absolute Gasteiger partial charge is 0.274 e. The summed E-state index contributed by atoms with van der Waals surface area (Å²) in [7, 11) is 0. The van der Waals surface area contributed by atoms with Gasteiger partial charge in [0, 0.05) is 28.5 Å². The zero-order chi connectivity index (χ0) is 18.0. The Morgan fingerprint density at radius 1 is 1.16 bits per heavy atom. The van der Waals surface area contributed by atoms with Gasteiger partial charge in [0.15, 0.2) is 0 Å². The second-order valence-electron chi connectivity index (χ2n) is 5.85. The Morgan fingerprint density at radius 3 is 2.52 bits per heavy atom. The van der Waals surface area contributed by atoms with Crippen molar-refractivity contribution in [3.05, 3.63) is 52.0 Å². The highest BCUT2D eigenvalue weighted by molar-refractivity contribution is 6.35. The standard InChI is InChI=1S/C17H16Cl2N4O2/c1-10-8-21-14(9-20-10)17(25)23-4-2-3-15(23)16(24)22-13-6-11(18)5-12(19)7-13/h5-9,15H,2-4H2,1H3,(H,22,24)/t15-/m0/s1. The third-order valence-electron chi connectivity index (χ3n) is 3.95. The first-order valence-electron chi connectivity index (χ1n) is 7.80. The van der Waals surface area contributed by atoms with Crippen molar-refractivity contribution < 1.29 is 9.59 Å². The van der Waals surface area contributed by atoms with Gasteiger partial charge < -0.3 is 10.2 Å². The maximum atomic E-state index is 12.6. The van der Waals surface area contributed by atoms with Crippen LogP contribution in [0.1, 0.15) is 29.0 Å². The van der Waals surface area contributed by atoms with E-state index in [-0.39, 0.29) is 17.5 Å². The Labute approximate surface area is 155 Å². The topological polar surface area (TPSA) is 75.2 Å². The third-order valence-corrected chi connectivity index (χ3v) is 4.38. The van der Waals surface area contributed by atoms with E-state index in [1.807, 2.05) is 0 Å². The molecule has 2 amide bonds. The predicted octanol–water partition coefficient (Wildman–Crippen LogP) is 3.34. The van der Waals surface area contributed by atoms with E-state index >= 15 is 0 Å². The molecule has 25 heavy (non-hydrogen) atoms. The monoisotopic (exact) mass is 378 g/mol. The molecule has 0 aliphatic carbocycles. The number of hydrogen-bond donors (Lipinski definition) is 1. The molecule has 1 fully saturated rings. The fourth-order valence-electron chi connectivity index (χ4n) is 2.78. The van der Waals surface area contributed by atoms with Crippen LogP contribution in [0.15, 0.2) is 30.6 Å². The maximum absolute atomic E-state index is 12.6. The maximum Gasteiger partial charge on any atom is 0.274 e. The van der Waals surface area contributed by atoms with Crippen LogP contribution in [0.2, 0.25) is 10.0 Å². The van der Waals surface area contributed by atoms with Crippen LogP contribution < -0.4 is 5.32 Å². The van der Waals surface area contributed by atoms with Crippen LogP contribution in [-0.2, 0) is 4.79 Å². The Morgan fingerprint density at radius 2 is 1.88 bits per heavy atom. The van der Waals surface area contributed by atoms with Crippen LogP contribution in [-0.4, -0.2) is 39.3 Å². The number of amides is 2. The van der Waals surface area contributed by atoms with Crippen LogP contribution in [0.25, 0.3) is 0 Å². The van der Waals surface area contributed by atoms with E-state index in [2.05, 4.69) is 15.3 Å². The molecule has 1 N–H and O–H groups in total. The number of benzene rings is 1. The summed E-state index contributed by atoms with van der Waals surface area (Å²) >= 11 is 11.9. The number of likely N-dealkylation sites (tertiary alicyclic amines) is 1. The Balaban J connectivity index is 1.75. The molecule has 130 valence electrons. The summed E-state index contributed by atoms with van der Waals surface area (Å²) in [4.78, 5) is 35.0. The Kier molecular flexibility index (Phi) is 5.20. The fourth-order valence-corrected chi connectivity index (χ4v) is 3.31. The van der Waals surface area contributed by atoms with Gasteiger partial charge >= 0.3 is 0 Å². The molecule has 0 spiro atoms. The number of rotatable bonds is 3. The van der Waals surface area contributed by atoms with Crippen molar-refractivity contribution in [2.75, 3.05) is 11.9 Å². The summed E-state index contributed by atoms with van der Waals surface area (Å²) in [5.41, 5.74) is 1.46. The zero-order valence-corrected chi connectivity index (χ0v) is 15.0. The lowest BCUT2D eigenvalue weighted by atomic mass is 10.2. The van der Waals surface area contributed by atoms with Crippen molar-refractivity contribution >= 4 is 40.7 Å². The first-order valence-corrected chi connectivity index (χ1v) is 8.56. The van der Waals surface area contributed by atoms with Gasteiger partial charge in [0.2, 0.25) is 5.91 Å². The molecule has 2 heterocycles. The first kappa shape index (κ1) is 17.6. The largest absolute Gasteiger partial charge is 0.325 e. The van der Waals surface area contributed by atoms with Gasteiger partial charge in [-0.1, -0.05) is 23.2 Å². The van der Waals surface area contributed by atoms with Gasteiger partial charge in [-0.3, -0.25) is 14.6 Å². The molecule has 1 saturated heterocycles. The number of hydrogen-bond acceptors (Lipinski definition) is 4. The Bertz CT molecular complexity index is 791. The summed E-state index contributed by atoms with van der Waals surface area (Å²) < 4.78 is 0. The number of carbonyl (C=O) groups excluding carboxylic acids is 2. The second kappa shape index (κ2) is 7.37. The molecular formula is C17H16Cl2N4O2. The molecule has 1 atom stereocenters. The van der Waals surface area contributed by atoms with E-state index in [1.165, 1.54) is 17.3 Å². The molecule has 0 bridgehead atoms. The number of nitrogens with zero attached hydrogens (tertiary/aromatic N) is 3. The lowest BCUT2D eigenvalue weighted by molar-refractivity contribution is -0.119. The molecular weight excluding hydrogens is 363 g/mol. The van der Waals surface area contributed by atoms with Gasteiger partial charge in [-0.25, -0.2) is 4.98 Å². The van der Waals surface area contributed by atoms with Gasteiger partial charge in [0.25, 0.3) is 5.91 Å². The highest BCUT2D eigenvalue weighted by Crippen LogP contribution is 2.25. The van der Waals surface area contributed by atoms with Gasteiger partial charge in [-0.15, -0.1) is 0 Å². The SMILES string of the molecule is Cc1cnc(C(=O)N2CCC[C@H]2C(=O)Nc2cc(Cl)cc(Cl)c2)cn1. The van der Waals surface area contributed by atoms with E-state index < -0.39 is 6.04 Å². The van der Waals surface area contributed by atoms with Crippen LogP contribution >= 0.6 is 23.2 Å². The van der Waals surface area contributed by atoms with Gasteiger partial charge in [0.05, 0.1) is 11.9 Å². The second-order valence-corrected chi connectivity index (χ2v) is 6.72. The van der Waals surface area contributed by atoms with Gasteiger partial charge in [-0.2, -0.15) is 0 Å². The number of halogens is 2. The first-order chi connectivity index (χ1) is 11.9. The minimum absolute atomic E-state index is 0.233. The highest BCUT2D eigenvalue weighted by Gasteiger charge is 2.35. The van der Waals surface area contributed by atoms with E-state index in [0.717, 1.165) is 12.1 Å². The molecule has 2 aromatic rings. The van der Waals surface area contributed by atoms with Crippen molar-refractivity contribution in [1.82, 2.24) is 14.9 Å². The van der Waals surface area contributed by atoms with Crippen LogP contribution in [0.4, 0.5) is 5.69 Å². The summed E-state index contributed by atoms with van der Waals surface area (Å²) in [6.07, 6.45) is 4.30. The van der Waals surface area contributed by atoms with Gasteiger partial charge in [-0.05, 0) is 38.0 Å². The summed E-state index contributed by atoms with van der Waals surface area (Å²) in [6.45, 7) is 2.30. The summed E-state index contributed by atoms with van der Waals surface area (Å²) in [5, 5.41) is 3.63. The molecule has 8 heteroatoms. The number of aryl methyl sites for hydroxylation is 1. The molecule has 6 nitrogen and oxygen atoms in total. The van der Waals surface area contributed by atoms with Crippen LogP contribution in [0.5, 0.6) is 0 Å². The molecule has 0 radical (unpaired) electrons.